The molecule has 106 valence electrons. The molecule has 19 heavy (non-hydrogen) atoms. The van der Waals surface area contributed by atoms with Gasteiger partial charge in [-0.2, -0.15) is 0 Å². The van der Waals surface area contributed by atoms with Crippen LogP contribution in [0.1, 0.15) is 12.8 Å². The van der Waals surface area contributed by atoms with Crippen molar-refractivity contribution in [2.45, 2.75) is 23.8 Å². The Balaban J connectivity index is 2.08. The maximum absolute atomic E-state index is 13.5. The number of methoxy groups -OCH3 is 1. The Labute approximate surface area is 112 Å². The zero-order chi connectivity index (χ0) is 13.9. The van der Waals surface area contributed by atoms with Crippen LogP contribution in [0.2, 0.25) is 0 Å². The molecule has 0 aromatic heterocycles. The smallest absolute Gasteiger partial charge is 0.240 e. The number of ether oxygens (including phenoxy) is 1. The highest BCUT2D eigenvalue weighted by molar-refractivity contribution is 7.89. The summed E-state index contributed by atoms with van der Waals surface area (Å²) in [5.74, 6) is -0.666. The molecule has 0 saturated carbocycles. The summed E-state index contributed by atoms with van der Waals surface area (Å²) in [6.45, 7) is 1.22. The Kier molecular flexibility index (Phi) is 4.38. The van der Waals surface area contributed by atoms with Gasteiger partial charge in [0.25, 0.3) is 0 Å². The molecule has 1 saturated heterocycles. The quantitative estimate of drug-likeness (QED) is 0.843. The van der Waals surface area contributed by atoms with E-state index in [2.05, 4.69) is 10.0 Å². The topological polar surface area (TPSA) is 67.4 Å². The number of nitrogens with one attached hydrogen (secondary N) is 2. The first-order chi connectivity index (χ1) is 9.03. The van der Waals surface area contributed by atoms with Crippen molar-refractivity contribution in [3.8, 4) is 5.75 Å². The van der Waals surface area contributed by atoms with Crippen molar-refractivity contribution in [3.63, 3.8) is 0 Å². The van der Waals surface area contributed by atoms with E-state index < -0.39 is 15.8 Å². The van der Waals surface area contributed by atoms with Crippen LogP contribution in [-0.2, 0) is 10.0 Å². The van der Waals surface area contributed by atoms with E-state index in [4.69, 9.17) is 4.74 Å². The van der Waals surface area contributed by atoms with Gasteiger partial charge in [0.1, 0.15) is 0 Å². The van der Waals surface area contributed by atoms with E-state index in [1.807, 2.05) is 0 Å². The van der Waals surface area contributed by atoms with Gasteiger partial charge in [0.15, 0.2) is 11.6 Å². The highest BCUT2D eigenvalue weighted by Crippen LogP contribution is 2.20. The maximum atomic E-state index is 13.5. The Morgan fingerprint density at radius 3 is 2.89 bits per heavy atom. The number of hydrogen-bond donors (Lipinski definition) is 2. The fourth-order valence-corrected chi connectivity index (χ4v) is 3.13. The van der Waals surface area contributed by atoms with Crippen LogP contribution in [0, 0.1) is 5.82 Å². The molecule has 0 bridgehead atoms. The van der Waals surface area contributed by atoms with Crippen LogP contribution in [0.25, 0.3) is 0 Å². The van der Waals surface area contributed by atoms with E-state index in [0.717, 1.165) is 25.5 Å². The Morgan fingerprint density at radius 2 is 2.32 bits per heavy atom. The lowest BCUT2D eigenvalue weighted by atomic mass is 10.2. The minimum atomic E-state index is -3.68. The van der Waals surface area contributed by atoms with Crippen molar-refractivity contribution in [1.82, 2.24) is 10.0 Å². The molecule has 1 aromatic carbocycles. The molecule has 0 spiro atoms. The van der Waals surface area contributed by atoms with E-state index >= 15 is 0 Å². The van der Waals surface area contributed by atoms with Crippen LogP contribution in [-0.4, -0.2) is 34.7 Å². The molecule has 1 unspecified atom stereocenters. The molecule has 1 aromatic rings. The van der Waals surface area contributed by atoms with Gasteiger partial charge in [-0.1, -0.05) is 0 Å². The summed E-state index contributed by atoms with van der Waals surface area (Å²) >= 11 is 0. The molecule has 1 fully saturated rings. The number of rotatable bonds is 5. The van der Waals surface area contributed by atoms with E-state index in [1.54, 1.807) is 0 Å². The van der Waals surface area contributed by atoms with Crippen molar-refractivity contribution in [1.29, 1.82) is 0 Å². The summed E-state index contributed by atoms with van der Waals surface area (Å²) in [6.07, 6.45) is 1.99. The van der Waals surface area contributed by atoms with E-state index in [1.165, 1.54) is 19.2 Å². The SMILES string of the molecule is COc1ccc(S(=O)(=O)NCC2CCCN2)cc1F. The zero-order valence-corrected chi connectivity index (χ0v) is 11.5. The standard InChI is InChI=1S/C12H17FN2O3S/c1-18-12-5-4-10(7-11(12)13)19(16,17)15-8-9-3-2-6-14-9/h4-5,7,9,14-15H,2-3,6,8H2,1H3. The van der Waals surface area contributed by atoms with E-state index in [9.17, 15) is 12.8 Å². The molecule has 0 aliphatic carbocycles. The third kappa shape index (κ3) is 3.43. The molecule has 1 aliphatic rings. The monoisotopic (exact) mass is 288 g/mol. The number of halogens is 1. The highest BCUT2D eigenvalue weighted by Gasteiger charge is 2.20. The summed E-state index contributed by atoms with van der Waals surface area (Å²) in [7, 11) is -2.35. The van der Waals surface area contributed by atoms with Crippen molar-refractivity contribution < 1.29 is 17.5 Å². The summed E-state index contributed by atoms with van der Waals surface area (Å²) in [5.41, 5.74) is 0. The number of sulfonamides is 1. The van der Waals surface area contributed by atoms with Gasteiger partial charge in [-0.05, 0) is 37.6 Å². The molecular formula is C12H17FN2O3S. The van der Waals surface area contributed by atoms with Gasteiger partial charge in [0.2, 0.25) is 10.0 Å². The fraction of sp³-hybridized carbons (Fsp3) is 0.500. The van der Waals surface area contributed by atoms with E-state index in [-0.39, 0.29) is 16.7 Å². The molecule has 2 rings (SSSR count). The van der Waals surface area contributed by atoms with Crippen LogP contribution < -0.4 is 14.8 Å². The third-order valence-electron chi connectivity index (χ3n) is 3.12. The molecule has 5 nitrogen and oxygen atoms in total. The molecule has 1 aliphatic heterocycles. The van der Waals surface area contributed by atoms with Crippen LogP contribution in [0.3, 0.4) is 0 Å². The van der Waals surface area contributed by atoms with Gasteiger partial charge in [-0.3, -0.25) is 0 Å². The van der Waals surface area contributed by atoms with Crippen LogP contribution in [0.15, 0.2) is 23.1 Å². The lowest BCUT2D eigenvalue weighted by Gasteiger charge is -2.12. The Bertz CT molecular complexity index is 542. The second kappa shape index (κ2) is 5.85. The molecule has 0 amide bonds. The fourth-order valence-electron chi connectivity index (χ4n) is 2.04. The minimum absolute atomic E-state index is 0.0245. The minimum Gasteiger partial charge on any atom is -0.494 e. The molecular weight excluding hydrogens is 271 g/mol. The zero-order valence-electron chi connectivity index (χ0n) is 10.6. The highest BCUT2D eigenvalue weighted by atomic mass is 32.2. The average molecular weight is 288 g/mol. The van der Waals surface area contributed by atoms with Gasteiger partial charge in [-0.15, -0.1) is 0 Å². The van der Waals surface area contributed by atoms with Gasteiger partial charge in [0.05, 0.1) is 12.0 Å². The van der Waals surface area contributed by atoms with Crippen molar-refractivity contribution in [3.05, 3.63) is 24.0 Å². The lowest BCUT2D eigenvalue weighted by molar-refractivity contribution is 0.385. The third-order valence-corrected chi connectivity index (χ3v) is 4.54. The molecule has 2 N–H and O–H groups in total. The van der Waals surface area contributed by atoms with E-state index in [0.29, 0.717) is 6.54 Å². The van der Waals surface area contributed by atoms with Gasteiger partial charge < -0.3 is 10.1 Å². The largest absolute Gasteiger partial charge is 0.494 e. The van der Waals surface area contributed by atoms with Crippen molar-refractivity contribution in [2.24, 2.45) is 0 Å². The first kappa shape index (κ1) is 14.2. The van der Waals surface area contributed by atoms with Crippen molar-refractivity contribution >= 4 is 10.0 Å². The average Bonchev–Trinajstić information content (AvgIpc) is 2.89. The first-order valence-corrected chi connectivity index (χ1v) is 7.58. The summed E-state index contributed by atoms with van der Waals surface area (Å²) < 4.78 is 44.7. The summed E-state index contributed by atoms with van der Waals surface area (Å²) in [6, 6.07) is 3.74. The maximum Gasteiger partial charge on any atom is 0.240 e. The first-order valence-electron chi connectivity index (χ1n) is 6.09. The summed E-state index contributed by atoms with van der Waals surface area (Å²) in [5, 5.41) is 3.19. The predicted octanol–water partition coefficient (Wildman–Crippen LogP) is 0.865. The second-order valence-corrected chi connectivity index (χ2v) is 6.21. The Hall–Kier alpha value is -1.18. The second-order valence-electron chi connectivity index (χ2n) is 4.44. The van der Waals surface area contributed by atoms with Crippen LogP contribution >= 0.6 is 0 Å². The Morgan fingerprint density at radius 1 is 1.53 bits per heavy atom. The number of benzene rings is 1. The van der Waals surface area contributed by atoms with Gasteiger partial charge in [-0.25, -0.2) is 17.5 Å². The summed E-state index contributed by atoms with van der Waals surface area (Å²) in [4.78, 5) is -0.0937. The molecule has 1 heterocycles. The van der Waals surface area contributed by atoms with Crippen LogP contribution in [0.4, 0.5) is 4.39 Å². The van der Waals surface area contributed by atoms with Crippen molar-refractivity contribution in [2.75, 3.05) is 20.2 Å². The predicted molar refractivity (Wildman–Crippen MR) is 69.2 cm³/mol. The number of hydrogen-bond acceptors (Lipinski definition) is 4. The van der Waals surface area contributed by atoms with Gasteiger partial charge >= 0.3 is 0 Å². The van der Waals surface area contributed by atoms with Gasteiger partial charge in [0, 0.05) is 12.6 Å². The normalized spacial score (nSPS) is 19.6. The molecule has 1 atom stereocenters. The van der Waals surface area contributed by atoms with Crippen LogP contribution in [0.5, 0.6) is 5.75 Å². The molecule has 0 radical (unpaired) electrons. The molecule has 7 heteroatoms. The lowest BCUT2D eigenvalue weighted by Crippen LogP contribution is -2.37.